The van der Waals surface area contributed by atoms with Crippen LogP contribution >= 0.6 is 11.6 Å². The van der Waals surface area contributed by atoms with Crippen molar-refractivity contribution in [3.8, 4) is 0 Å². The van der Waals surface area contributed by atoms with Gasteiger partial charge in [0.05, 0.1) is 16.6 Å². The SMILES string of the molecule is CC.CC.CC.CC.C[C@]1(c2cccc(Cl)c2F)CN(c2ncccc2F)C(=O)c2cnc(NC3CNC3)c(F)c21. The van der Waals surface area contributed by atoms with Crippen LogP contribution in [0.1, 0.15) is 83.8 Å². The minimum atomic E-state index is -1.41. The first kappa shape index (κ1) is 35.9. The van der Waals surface area contributed by atoms with Gasteiger partial charge in [0.25, 0.3) is 5.91 Å². The first-order chi connectivity index (χ1) is 19.8. The second-order valence-electron chi connectivity index (χ2n) is 8.34. The Labute approximate surface area is 247 Å². The fraction of sp³-hybridized carbons (Fsp3) is 0.452. The van der Waals surface area contributed by atoms with Crippen molar-refractivity contribution in [3.05, 3.63) is 81.9 Å². The van der Waals surface area contributed by atoms with Crippen molar-refractivity contribution in [1.82, 2.24) is 15.3 Å². The number of fused-ring (bicyclic) bond motifs is 1. The van der Waals surface area contributed by atoms with Gasteiger partial charge in [-0.25, -0.2) is 23.1 Å². The molecule has 2 aliphatic rings. The predicted molar refractivity (Wildman–Crippen MR) is 164 cm³/mol. The van der Waals surface area contributed by atoms with Crippen molar-refractivity contribution >= 4 is 29.1 Å². The molecule has 4 heterocycles. The number of nitrogens with zero attached hydrogens (tertiary/aromatic N) is 3. The maximum Gasteiger partial charge on any atom is 0.261 e. The minimum absolute atomic E-state index is 0.0161. The van der Waals surface area contributed by atoms with Crippen molar-refractivity contribution < 1.29 is 18.0 Å². The molecule has 6 nitrogen and oxygen atoms in total. The van der Waals surface area contributed by atoms with Crippen molar-refractivity contribution in [1.29, 1.82) is 0 Å². The molecule has 2 aromatic heterocycles. The molecule has 10 heteroatoms. The van der Waals surface area contributed by atoms with E-state index in [4.69, 9.17) is 11.6 Å². The number of hydrogen-bond donors (Lipinski definition) is 2. The van der Waals surface area contributed by atoms with Gasteiger partial charge in [0.2, 0.25) is 0 Å². The van der Waals surface area contributed by atoms with Gasteiger partial charge in [-0.1, -0.05) is 79.1 Å². The lowest BCUT2D eigenvalue weighted by Crippen LogP contribution is -2.52. The highest BCUT2D eigenvalue weighted by molar-refractivity contribution is 6.30. The molecular weight excluding hydrogens is 551 g/mol. The van der Waals surface area contributed by atoms with Gasteiger partial charge in [-0.2, -0.15) is 0 Å². The van der Waals surface area contributed by atoms with Crippen LogP contribution in [0.2, 0.25) is 5.02 Å². The molecular formula is C31H43ClF3N5O. The molecule has 0 bridgehead atoms. The number of nitrogens with one attached hydrogen (secondary N) is 2. The van der Waals surface area contributed by atoms with E-state index in [1.54, 1.807) is 13.0 Å². The van der Waals surface area contributed by atoms with Crippen LogP contribution < -0.4 is 15.5 Å². The average molecular weight is 594 g/mol. The largest absolute Gasteiger partial charge is 0.362 e. The van der Waals surface area contributed by atoms with E-state index >= 15 is 8.78 Å². The van der Waals surface area contributed by atoms with E-state index in [1.165, 1.54) is 36.7 Å². The summed E-state index contributed by atoms with van der Waals surface area (Å²) in [5.74, 6) is -3.16. The molecule has 0 radical (unpaired) electrons. The third kappa shape index (κ3) is 7.38. The van der Waals surface area contributed by atoms with Gasteiger partial charge in [0.15, 0.2) is 23.3 Å². The molecule has 1 fully saturated rings. The second kappa shape index (κ2) is 16.9. The number of anilines is 2. The number of halogens is 4. The van der Waals surface area contributed by atoms with Crippen LogP contribution in [0.4, 0.5) is 24.8 Å². The Morgan fingerprint density at radius 2 is 1.59 bits per heavy atom. The maximum absolute atomic E-state index is 15.9. The van der Waals surface area contributed by atoms with Gasteiger partial charge in [-0.15, -0.1) is 0 Å². The predicted octanol–water partition coefficient (Wildman–Crippen LogP) is 8.00. The van der Waals surface area contributed by atoms with E-state index in [1.807, 2.05) is 55.4 Å². The number of aromatic nitrogens is 2. The van der Waals surface area contributed by atoms with E-state index in [9.17, 15) is 9.18 Å². The van der Waals surface area contributed by atoms with Gasteiger partial charge in [-0.3, -0.25) is 9.69 Å². The Hall–Kier alpha value is -3.17. The van der Waals surface area contributed by atoms with Crippen LogP contribution in [0.25, 0.3) is 0 Å². The van der Waals surface area contributed by atoms with E-state index in [0.717, 1.165) is 4.90 Å². The summed E-state index contributed by atoms with van der Waals surface area (Å²) in [6.45, 7) is 18.6. The van der Waals surface area contributed by atoms with Gasteiger partial charge in [-0.05, 0) is 25.1 Å². The standard InChI is InChI=1S/C23H19ClF3N5O.4C2H6/c1-23(14-4-2-5-15(24)18(14)26)11-32(21-16(25)6-3-7-29-21)22(33)13-10-30-20(19(27)17(13)23)31-12-8-28-9-12;4*1-2/h2-7,10,12,28H,8-9,11H2,1H3,(H,30,31);4*1-2H3/t23-;;;;/m1..../s1. The lowest BCUT2D eigenvalue weighted by atomic mass is 9.71. The summed E-state index contributed by atoms with van der Waals surface area (Å²) in [4.78, 5) is 22.6. The number of benzene rings is 1. The molecule has 0 unspecified atom stereocenters. The zero-order valence-corrected chi connectivity index (χ0v) is 26.3. The lowest BCUT2D eigenvalue weighted by molar-refractivity contribution is 0.0966. The lowest BCUT2D eigenvalue weighted by Gasteiger charge is -2.42. The first-order valence-electron chi connectivity index (χ1n) is 14.3. The van der Waals surface area contributed by atoms with Crippen LogP contribution in [0.3, 0.4) is 0 Å². The fourth-order valence-electron chi connectivity index (χ4n) is 4.38. The number of carbonyl (C=O) groups excluding carboxylic acids is 1. The summed E-state index contributed by atoms with van der Waals surface area (Å²) in [7, 11) is 0. The number of carbonyl (C=O) groups is 1. The zero-order chi connectivity index (χ0) is 31.3. The van der Waals surface area contributed by atoms with Crippen LogP contribution in [0.15, 0.2) is 42.7 Å². The van der Waals surface area contributed by atoms with E-state index < -0.39 is 28.8 Å². The average Bonchev–Trinajstić information content (AvgIpc) is 2.99. The van der Waals surface area contributed by atoms with Crippen LogP contribution in [-0.2, 0) is 5.41 Å². The smallest absolute Gasteiger partial charge is 0.261 e. The Balaban J connectivity index is 0.000000969. The molecule has 2 N–H and O–H groups in total. The summed E-state index contributed by atoms with van der Waals surface area (Å²) in [5.41, 5.74) is -1.45. The summed E-state index contributed by atoms with van der Waals surface area (Å²) < 4.78 is 45.8. The Bertz CT molecular complexity index is 1270. The molecule has 5 rings (SSSR count). The molecule has 1 aromatic carbocycles. The highest BCUT2D eigenvalue weighted by Crippen LogP contribution is 2.44. The van der Waals surface area contributed by atoms with E-state index in [-0.39, 0.29) is 45.9 Å². The molecule has 1 saturated heterocycles. The molecule has 0 spiro atoms. The van der Waals surface area contributed by atoms with Crippen LogP contribution in [0.5, 0.6) is 0 Å². The monoisotopic (exact) mass is 593 g/mol. The van der Waals surface area contributed by atoms with Crippen molar-refractivity contribution in [2.75, 3.05) is 29.9 Å². The minimum Gasteiger partial charge on any atom is -0.362 e. The second-order valence-corrected chi connectivity index (χ2v) is 8.75. The number of amides is 1. The molecule has 226 valence electrons. The Kier molecular flexibility index (Phi) is 14.8. The number of pyridine rings is 2. The maximum atomic E-state index is 15.9. The topological polar surface area (TPSA) is 70.2 Å². The summed E-state index contributed by atoms with van der Waals surface area (Å²) in [6, 6.07) is 6.96. The molecule has 0 saturated carbocycles. The normalized spacial score (nSPS) is 17.0. The third-order valence-corrected chi connectivity index (χ3v) is 6.48. The Morgan fingerprint density at radius 3 is 2.15 bits per heavy atom. The number of rotatable bonds is 4. The number of hydrogen-bond acceptors (Lipinski definition) is 5. The first-order valence-corrected chi connectivity index (χ1v) is 14.7. The summed E-state index contributed by atoms with van der Waals surface area (Å²) in [6.07, 6.45) is 2.58. The van der Waals surface area contributed by atoms with Crippen LogP contribution in [0, 0.1) is 17.5 Å². The zero-order valence-electron chi connectivity index (χ0n) is 25.5. The van der Waals surface area contributed by atoms with Gasteiger partial charge in [0, 0.05) is 48.6 Å². The van der Waals surface area contributed by atoms with Crippen molar-refractivity contribution in [3.63, 3.8) is 0 Å². The fourth-order valence-corrected chi connectivity index (χ4v) is 4.56. The van der Waals surface area contributed by atoms with Gasteiger partial charge < -0.3 is 10.6 Å². The molecule has 0 aliphatic carbocycles. The van der Waals surface area contributed by atoms with Crippen molar-refractivity contribution in [2.24, 2.45) is 0 Å². The molecule has 1 amide bonds. The molecule has 1 atom stereocenters. The highest BCUT2D eigenvalue weighted by atomic mass is 35.5. The molecule has 3 aromatic rings. The highest BCUT2D eigenvalue weighted by Gasteiger charge is 2.47. The Morgan fingerprint density at radius 1 is 0.951 bits per heavy atom. The van der Waals surface area contributed by atoms with Gasteiger partial charge >= 0.3 is 0 Å². The van der Waals surface area contributed by atoms with Crippen LogP contribution in [-0.4, -0.2) is 41.6 Å². The van der Waals surface area contributed by atoms with E-state index in [0.29, 0.717) is 13.1 Å². The summed E-state index contributed by atoms with van der Waals surface area (Å²) in [5, 5.41) is 5.95. The van der Waals surface area contributed by atoms with Gasteiger partial charge in [0.1, 0.15) is 5.82 Å². The quantitative estimate of drug-likeness (QED) is 0.321. The summed E-state index contributed by atoms with van der Waals surface area (Å²) >= 11 is 6.04. The van der Waals surface area contributed by atoms with E-state index in [2.05, 4.69) is 20.6 Å². The molecule has 41 heavy (non-hydrogen) atoms. The third-order valence-electron chi connectivity index (χ3n) is 6.18. The van der Waals surface area contributed by atoms with Crippen molar-refractivity contribution in [2.45, 2.75) is 73.8 Å². The molecule has 2 aliphatic heterocycles.